The fraction of sp³-hybridized carbons (Fsp3) is 0.316. The Morgan fingerprint density at radius 1 is 1.07 bits per heavy atom. The Labute approximate surface area is 157 Å². The van der Waals surface area contributed by atoms with Gasteiger partial charge in [-0.15, -0.1) is 0 Å². The van der Waals surface area contributed by atoms with E-state index in [-0.39, 0.29) is 16.7 Å². The summed E-state index contributed by atoms with van der Waals surface area (Å²) in [5, 5.41) is 9.15. The maximum absolute atomic E-state index is 13.1. The van der Waals surface area contributed by atoms with E-state index in [0.29, 0.717) is 5.75 Å². The molecule has 0 amide bonds. The second-order valence-corrected chi connectivity index (χ2v) is 8.24. The maximum atomic E-state index is 13.1. The molecule has 0 aromatic heterocycles. The summed E-state index contributed by atoms with van der Waals surface area (Å²) in [7, 11) is -4.16. The second-order valence-electron chi connectivity index (χ2n) is 6.38. The first-order chi connectivity index (χ1) is 12.9. The number of rotatable bonds is 7. The van der Waals surface area contributed by atoms with Crippen LogP contribution < -0.4 is 9.04 Å². The number of carbonyl (C=O) groups is 1. The van der Waals surface area contributed by atoms with Crippen LogP contribution in [0.2, 0.25) is 0 Å². The SMILES string of the molecule is O=C(O)CN(c1ccc(OC2CCCC2)cc1)S(=O)(=O)c1ccc(F)cc1. The van der Waals surface area contributed by atoms with Gasteiger partial charge in [0.2, 0.25) is 0 Å². The number of hydrogen-bond donors (Lipinski definition) is 1. The summed E-state index contributed by atoms with van der Waals surface area (Å²) in [6, 6.07) is 10.5. The van der Waals surface area contributed by atoms with Crippen molar-refractivity contribution in [3.05, 3.63) is 54.3 Å². The minimum absolute atomic E-state index is 0.161. The predicted molar refractivity (Wildman–Crippen MR) is 97.9 cm³/mol. The topological polar surface area (TPSA) is 83.9 Å². The highest BCUT2D eigenvalue weighted by atomic mass is 32.2. The van der Waals surface area contributed by atoms with Crippen molar-refractivity contribution in [1.82, 2.24) is 0 Å². The molecule has 1 N–H and O–H groups in total. The third-order valence-corrected chi connectivity index (χ3v) is 6.20. The van der Waals surface area contributed by atoms with Crippen molar-refractivity contribution in [3.63, 3.8) is 0 Å². The minimum Gasteiger partial charge on any atom is -0.490 e. The van der Waals surface area contributed by atoms with Gasteiger partial charge in [-0.3, -0.25) is 9.10 Å². The van der Waals surface area contributed by atoms with Crippen molar-refractivity contribution in [2.45, 2.75) is 36.7 Å². The van der Waals surface area contributed by atoms with Crippen LogP contribution >= 0.6 is 0 Å². The highest BCUT2D eigenvalue weighted by molar-refractivity contribution is 7.92. The number of aliphatic carboxylic acids is 1. The lowest BCUT2D eigenvalue weighted by Gasteiger charge is -2.23. The van der Waals surface area contributed by atoms with Gasteiger partial charge in [-0.2, -0.15) is 0 Å². The molecule has 3 rings (SSSR count). The van der Waals surface area contributed by atoms with Crippen LogP contribution in [-0.2, 0) is 14.8 Å². The van der Waals surface area contributed by atoms with Gasteiger partial charge < -0.3 is 9.84 Å². The molecule has 1 fully saturated rings. The molecule has 0 saturated heterocycles. The van der Waals surface area contributed by atoms with E-state index in [4.69, 9.17) is 9.84 Å². The lowest BCUT2D eigenvalue weighted by atomic mass is 10.2. The number of hydrogen-bond acceptors (Lipinski definition) is 4. The molecule has 1 aliphatic rings. The van der Waals surface area contributed by atoms with Gasteiger partial charge in [0.05, 0.1) is 16.7 Å². The Morgan fingerprint density at radius 3 is 2.22 bits per heavy atom. The van der Waals surface area contributed by atoms with Crippen molar-refractivity contribution in [3.8, 4) is 5.75 Å². The van der Waals surface area contributed by atoms with Gasteiger partial charge in [0.1, 0.15) is 18.1 Å². The van der Waals surface area contributed by atoms with Crippen molar-refractivity contribution < 1.29 is 27.4 Å². The molecular weight excluding hydrogens is 373 g/mol. The molecule has 0 bridgehead atoms. The molecule has 27 heavy (non-hydrogen) atoms. The van der Waals surface area contributed by atoms with Gasteiger partial charge in [-0.1, -0.05) is 0 Å². The highest BCUT2D eigenvalue weighted by Crippen LogP contribution is 2.28. The van der Waals surface area contributed by atoms with Gasteiger partial charge in [0.15, 0.2) is 0 Å². The van der Waals surface area contributed by atoms with Crippen molar-refractivity contribution in [2.75, 3.05) is 10.8 Å². The lowest BCUT2D eigenvalue weighted by molar-refractivity contribution is -0.135. The summed E-state index contributed by atoms with van der Waals surface area (Å²) >= 11 is 0. The molecular formula is C19H20FNO5S. The largest absolute Gasteiger partial charge is 0.490 e. The summed E-state index contributed by atoms with van der Waals surface area (Å²) in [6.07, 6.45) is 4.40. The number of carboxylic acid groups (broad SMARTS) is 1. The number of halogens is 1. The first-order valence-electron chi connectivity index (χ1n) is 8.63. The van der Waals surface area contributed by atoms with Crippen LogP contribution in [0.3, 0.4) is 0 Å². The van der Waals surface area contributed by atoms with Crippen molar-refractivity contribution in [2.24, 2.45) is 0 Å². The zero-order chi connectivity index (χ0) is 19.4. The Kier molecular flexibility index (Phi) is 5.65. The Bertz CT molecular complexity index is 891. The molecule has 2 aromatic rings. The third-order valence-electron chi connectivity index (χ3n) is 4.41. The maximum Gasteiger partial charge on any atom is 0.324 e. The normalized spacial score (nSPS) is 14.9. The molecule has 0 atom stereocenters. The van der Waals surface area contributed by atoms with Crippen LogP contribution in [-0.4, -0.2) is 32.1 Å². The first-order valence-corrected chi connectivity index (χ1v) is 10.1. The standard InChI is InChI=1S/C19H20FNO5S/c20-14-5-11-18(12-6-14)27(24,25)21(13-19(22)23)15-7-9-17(10-8-15)26-16-3-1-2-4-16/h5-12,16H,1-4,13H2,(H,22,23). The smallest absolute Gasteiger partial charge is 0.324 e. The monoisotopic (exact) mass is 393 g/mol. The molecule has 144 valence electrons. The van der Waals surface area contributed by atoms with Crippen LogP contribution in [0.25, 0.3) is 0 Å². The van der Waals surface area contributed by atoms with Gasteiger partial charge in [-0.25, -0.2) is 12.8 Å². The quantitative estimate of drug-likeness (QED) is 0.779. The van der Waals surface area contributed by atoms with Crippen molar-refractivity contribution >= 4 is 21.7 Å². The van der Waals surface area contributed by atoms with E-state index in [0.717, 1.165) is 54.3 Å². The Morgan fingerprint density at radius 2 is 1.67 bits per heavy atom. The van der Waals surface area contributed by atoms with Crippen LogP contribution in [0.15, 0.2) is 53.4 Å². The van der Waals surface area contributed by atoms with E-state index in [1.54, 1.807) is 12.1 Å². The second kappa shape index (κ2) is 7.96. The lowest BCUT2D eigenvalue weighted by Crippen LogP contribution is -2.35. The molecule has 1 saturated carbocycles. The van der Waals surface area contributed by atoms with E-state index >= 15 is 0 Å². The fourth-order valence-electron chi connectivity index (χ4n) is 3.06. The van der Waals surface area contributed by atoms with E-state index < -0.39 is 28.4 Å². The van der Waals surface area contributed by atoms with Crippen LogP contribution in [0.1, 0.15) is 25.7 Å². The van der Waals surface area contributed by atoms with E-state index in [1.165, 1.54) is 12.1 Å². The molecule has 2 aromatic carbocycles. The number of nitrogens with zero attached hydrogens (tertiary/aromatic N) is 1. The summed E-state index contributed by atoms with van der Waals surface area (Å²) in [6.45, 7) is -0.747. The average molecular weight is 393 g/mol. The first kappa shape index (κ1) is 19.2. The molecule has 0 radical (unpaired) electrons. The van der Waals surface area contributed by atoms with Crippen LogP contribution in [0.5, 0.6) is 5.75 Å². The molecule has 8 heteroatoms. The zero-order valence-electron chi connectivity index (χ0n) is 14.5. The third kappa shape index (κ3) is 4.57. The van der Waals surface area contributed by atoms with Crippen LogP contribution in [0.4, 0.5) is 10.1 Å². The Balaban J connectivity index is 1.87. The molecule has 0 heterocycles. The van der Waals surface area contributed by atoms with Gasteiger partial charge in [0, 0.05) is 0 Å². The number of benzene rings is 2. The van der Waals surface area contributed by atoms with E-state index in [2.05, 4.69) is 0 Å². The predicted octanol–water partition coefficient (Wildman–Crippen LogP) is 3.43. The minimum atomic E-state index is -4.16. The highest BCUT2D eigenvalue weighted by Gasteiger charge is 2.27. The fourth-order valence-corrected chi connectivity index (χ4v) is 4.48. The molecule has 0 aliphatic heterocycles. The molecule has 6 nitrogen and oxygen atoms in total. The molecule has 0 unspecified atom stereocenters. The van der Waals surface area contributed by atoms with E-state index in [1.807, 2.05) is 0 Å². The molecule has 1 aliphatic carbocycles. The number of ether oxygens (including phenoxy) is 1. The number of sulfonamides is 1. The van der Waals surface area contributed by atoms with Gasteiger partial charge in [0.25, 0.3) is 10.0 Å². The van der Waals surface area contributed by atoms with Crippen molar-refractivity contribution in [1.29, 1.82) is 0 Å². The summed E-state index contributed by atoms with van der Waals surface area (Å²) in [4.78, 5) is 11.0. The zero-order valence-corrected chi connectivity index (χ0v) is 15.4. The van der Waals surface area contributed by atoms with Gasteiger partial charge in [-0.05, 0) is 74.2 Å². The average Bonchev–Trinajstić information content (AvgIpc) is 3.14. The summed E-state index contributed by atoms with van der Waals surface area (Å²) in [5.41, 5.74) is 0.195. The van der Waals surface area contributed by atoms with Gasteiger partial charge >= 0.3 is 5.97 Å². The summed E-state index contributed by atoms with van der Waals surface area (Å²) < 4.78 is 45.4. The molecule has 0 spiro atoms. The summed E-state index contributed by atoms with van der Waals surface area (Å²) in [5.74, 6) is -1.26. The van der Waals surface area contributed by atoms with E-state index in [9.17, 15) is 17.6 Å². The Hall–Kier alpha value is -2.61. The van der Waals surface area contributed by atoms with Crippen LogP contribution in [0, 0.1) is 5.82 Å². The number of anilines is 1. The number of carboxylic acids is 1.